The van der Waals surface area contributed by atoms with Crippen LogP contribution >= 0.6 is 0 Å². The molecule has 1 aromatic rings. The van der Waals surface area contributed by atoms with Crippen LogP contribution in [0.15, 0.2) is 18.3 Å². The highest BCUT2D eigenvalue weighted by atomic mass is 19.1. The van der Waals surface area contributed by atoms with Gasteiger partial charge in [-0.2, -0.15) is 0 Å². The summed E-state index contributed by atoms with van der Waals surface area (Å²) in [5, 5.41) is 0. The molecule has 0 spiro atoms. The zero-order valence-corrected chi connectivity index (χ0v) is 13.4. The predicted molar refractivity (Wildman–Crippen MR) is 81.9 cm³/mol. The summed E-state index contributed by atoms with van der Waals surface area (Å²) in [4.78, 5) is 29.3. The molecule has 0 aliphatic carbocycles. The number of hydrogen-bond donors (Lipinski definition) is 2. The van der Waals surface area contributed by atoms with Crippen LogP contribution < -0.4 is 10.9 Å². The molecule has 126 valence electrons. The van der Waals surface area contributed by atoms with Gasteiger partial charge in [0.2, 0.25) is 5.91 Å². The molecule has 0 saturated carbocycles. The highest BCUT2D eigenvalue weighted by Crippen LogP contribution is 2.19. The molecule has 2 heterocycles. The first-order chi connectivity index (χ1) is 10.7. The van der Waals surface area contributed by atoms with Gasteiger partial charge in [0.05, 0.1) is 12.1 Å². The molecule has 1 aliphatic heterocycles. The molecule has 1 unspecified atom stereocenters. The number of nitrogens with zero attached hydrogens (tertiary/aromatic N) is 2. The maximum Gasteiger partial charge on any atom is 0.410 e. The summed E-state index contributed by atoms with van der Waals surface area (Å²) in [6, 6.07) is 2.65. The molecule has 8 heteroatoms. The van der Waals surface area contributed by atoms with Gasteiger partial charge in [0.15, 0.2) is 0 Å². The Balaban J connectivity index is 1.80. The molecule has 0 bridgehead atoms. The summed E-state index contributed by atoms with van der Waals surface area (Å²) >= 11 is 0. The Bertz CT molecular complexity index is 571. The van der Waals surface area contributed by atoms with Gasteiger partial charge in [0.1, 0.15) is 17.2 Å². The van der Waals surface area contributed by atoms with Crippen LogP contribution in [0, 0.1) is 11.7 Å². The van der Waals surface area contributed by atoms with Gasteiger partial charge in [-0.3, -0.25) is 15.6 Å². The summed E-state index contributed by atoms with van der Waals surface area (Å²) in [7, 11) is 0. The summed E-state index contributed by atoms with van der Waals surface area (Å²) < 4.78 is 18.0. The van der Waals surface area contributed by atoms with Crippen LogP contribution in [-0.2, 0) is 9.53 Å². The molecular weight excluding hydrogens is 303 g/mol. The number of hydrazine groups is 1. The van der Waals surface area contributed by atoms with Crippen molar-refractivity contribution >= 4 is 17.8 Å². The quantitative estimate of drug-likeness (QED) is 0.830. The van der Waals surface area contributed by atoms with Crippen LogP contribution in [0.5, 0.6) is 0 Å². The van der Waals surface area contributed by atoms with Crippen molar-refractivity contribution in [2.24, 2.45) is 5.92 Å². The van der Waals surface area contributed by atoms with Crippen molar-refractivity contribution < 1.29 is 18.7 Å². The molecule has 1 saturated heterocycles. The first kappa shape index (κ1) is 17.0. The van der Waals surface area contributed by atoms with Crippen molar-refractivity contribution in [3.63, 3.8) is 0 Å². The number of rotatable bonds is 3. The minimum atomic E-state index is -0.562. The normalized spacial score (nSPS) is 17.7. The second-order valence-corrected chi connectivity index (χ2v) is 6.39. The van der Waals surface area contributed by atoms with Crippen LogP contribution in [0.1, 0.15) is 27.2 Å². The van der Waals surface area contributed by atoms with Crippen LogP contribution in [0.2, 0.25) is 0 Å². The molecule has 1 atom stereocenters. The zero-order chi connectivity index (χ0) is 17.0. The number of anilines is 1. The van der Waals surface area contributed by atoms with Crippen LogP contribution in [-0.4, -0.2) is 40.6 Å². The Kier molecular flexibility index (Phi) is 5.02. The number of aromatic nitrogens is 1. The molecule has 1 aromatic heterocycles. The van der Waals surface area contributed by atoms with Gasteiger partial charge in [-0.15, -0.1) is 0 Å². The average molecular weight is 324 g/mol. The number of halogens is 1. The van der Waals surface area contributed by atoms with E-state index >= 15 is 0 Å². The first-order valence-corrected chi connectivity index (χ1v) is 7.40. The van der Waals surface area contributed by atoms with Gasteiger partial charge in [-0.1, -0.05) is 0 Å². The SMILES string of the molecule is CC(C)(C)OC(=O)N1CCC(C(=O)NNc2ccc(F)cn2)C1. The lowest BCUT2D eigenvalue weighted by molar-refractivity contribution is -0.124. The lowest BCUT2D eigenvalue weighted by Gasteiger charge is -2.24. The van der Waals surface area contributed by atoms with Crippen LogP contribution in [0.4, 0.5) is 15.0 Å². The molecule has 23 heavy (non-hydrogen) atoms. The van der Waals surface area contributed by atoms with Gasteiger partial charge >= 0.3 is 6.09 Å². The predicted octanol–water partition coefficient (Wildman–Crippen LogP) is 1.92. The summed E-state index contributed by atoms with van der Waals surface area (Å²) in [6.45, 7) is 6.17. The van der Waals surface area contributed by atoms with Gasteiger partial charge in [0.25, 0.3) is 0 Å². The first-order valence-electron chi connectivity index (χ1n) is 7.40. The number of pyridine rings is 1. The molecule has 0 aromatic carbocycles. The molecule has 2 rings (SSSR count). The van der Waals surface area contributed by atoms with E-state index in [0.717, 1.165) is 6.20 Å². The number of ether oxygens (including phenoxy) is 1. The third-order valence-corrected chi connectivity index (χ3v) is 3.25. The van der Waals surface area contributed by atoms with E-state index in [9.17, 15) is 14.0 Å². The topological polar surface area (TPSA) is 83.6 Å². The Morgan fingerprint density at radius 3 is 2.74 bits per heavy atom. The fourth-order valence-corrected chi connectivity index (χ4v) is 2.14. The summed E-state index contributed by atoms with van der Waals surface area (Å²) in [5.74, 6) is -0.690. The van der Waals surface area contributed by atoms with Gasteiger partial charge in [-0.25, -0.2) is 14.2 Å². The van der Waals surface area contributed by atoms with E-state index in [1.807, 2.05) is 0 Å². The Hall–Kier alpha value is -2.38. The summed E-state index contributed by atoms with van der Waals surface area (Å²) in [6.07, 6.45) is 1.19. The van der Waals surface area contributed by atoms with Gasteiger partial charge < -0.3 is 9.64 Å². The number of likely N-dealkylation sites (tertiary alicyclic amines) is 1. The lowest BCUT2D eigenvalue weighted by Crippen LogP contribution is -2.39. The van der Waals surface area contributed by atoms with Crippen molar-refractivity contribution in [1.82, 2.24) is 15.3 Å². The Morgan fingerprint density at radius 1 is 1.39 bits per heavy atom. The smallest absolute Gasteiger partial charge is 0.410 e. The standard InChI is InChI=1S/C15H21FN4O3/c1-15(2,3)23-14(22)20-7-6-10(9-20)13(21)19-18-12-5-4-11(16)8-17-12/h4-5,8,10H,6-7,9H2,1-3H3,(H,17,18)(H,19,21). The molecule has 0 radical (unpaired) electrons. The van der Waals surface area contributed by atoms with E-state index in [-0.39, 0.29) is 11.8 Å². The van der Waals surface area contributed by atoms with Crippen molar-refractivity contribution in [1.29, 1.82) is 0 Å². The van der Waals surface area contributed by atoms with E-state index in [4.69, 9.17) is 4.74 Å². The maximum absolute atomic E-state index is 12.7. The molecule has 2 amide bonds. The van der Waals surface area contributed by atoms with Crippen LogP contribution in [0.3, 0.4) is 0 Å². The Morgan fingerprint density at radius 2 is 2.13 bits per heavy atom. The fourth-order valence-electron chi connectivity index (χ4n) is 2.14. The zero-order valence-electron chi connectivity index (χ0n) is 13.4. The molecule has 7 nitrogen and oxygen atoms in total. The van der Waals surface area contributed by atoms with Gasteiger partial charge in [-0.05, 0) is 39.3 Å². The minimum absolute atomic E-state index is 0.248. The summed E-state index contributed by atoms with van der Waals surface area (Å²) in [5.41, 5.74) is 4.57. The van der Waals surface area contributed by atoms with Crippen molar-refractivity contribution in [3.05, 3.63) is 24.1 Å². The average Bonchev–Trinajstić information content (AvgIpc) is 2.94. The number of hydrogen-bond acceptors (Lipinski definition) is 5. The van der Waals surface area contributed by atoms with Crippen molar-refractivity contribution in [2.75, 3.05) is 18.5 Å². The maximum atomic E-state index is 12.7. The van der Waals surface area contributed by atoms with Gasteiger partial charge in [0, 0.05) is 13.1 Å². The van der Waals surface area contributed by atoms with E-state index in [1.165, 1.54) is 17.0 Å². The van der Waals surface area contributed by atoms with Crippen molar-refractivity contribution in [2.45, 2.75) is 32.8 Å². The number of carbonyl (C=O) groups is 2. The molecule has 1 aliphatic rings. The minimum Gasteiger partial charge on any atom is -0.444 e. The fraction of sp³-hybridized carbons (Fsp3) is 0.533. The monoisotopic (exact) mass is 324 g/mol. The highest BCUT2D eigenvalue weighted by Gasteiger charge is 2.33. The second kappa shape index (κ2) is 6.80. The highest BCUT2D eigenvalue weighted by molar-refractivity contribution is 5.81. The molecule has 2 N–H and O–H groups in total. The van der Waals surface area contributed by atoms with Crippen LogP contribution in [0.25, 0.3) is 0 Å². The van der Waals surface area contributed by atoms with E-state index in [1.54, 1.807) is 20.8 Å². The number of amides is 2. The molecule has 1 fully saturated rings. The second-order valence-electron chi connectivity index (χ2n) is 6.39. The largest absolute Gasteiger partial charge is 0.444 e. The van der Waals surface area contributed by atoms with E-state index < -0.39 is 17.5 Å². The lowest BCUT2D eigenvalue weighted by atomic mass is 10.1. The number of carbonyl (C=O) groups excluding carboxylic acids is 2. The molecular formula is C15H21FN4O3. The number of nitrogens with one attached hydrogen (secondary N) is 2. The third-order valence-electron chi connectivity index (χ3n) is 3.25. The Labute approximate surface area is 134 Å². The third kappa shape index (κ3) is 5.08. The van der Waals surface area contributed by atoms with Crippen molar-refractivity contribution in [3.8, 4) is 0 Å². The van der Waals surface area contributed by atoms with E-state index in [0.29, 0.717) is 25.3 Å². The van der Waals surface area contributed by atoms with E-state index in [2.05, 4.69) is 15.8 Å².